The number of nitrogens with one attached hydrogen (secondary N) is 1. The Morgan fingerprint density at radius 3 is 2.50 bits per heavy atom. The maximum atomic E-state index is 12.5. The second-order valence-electron chi connectivity index (χ2n) is 9.39. The first kappa shape index (κ1) is 24.1. The highest BCUT2D eigenvalue weighted by Gasteiger charge is 2.28. The molecule has 0 unspecified atom stereocenters. The van der Waals surface area contributed by atoms with Crippen molar-refractivity contribution >= 4 is 23.0 Å². The molecule has 0 bridgehead atoms. The lowest BCUT2D eigenvalue weighted by atomic mass is 10.0. The molecule has 2 aliphatic heterocycles. The predicted molar refractivity (Wildman–Crippen MR) is 145 cm³/mol. The number of nitrogens with zero attached hydrogens (tertiary/aromatic N) is 4. The minimum atomic E-state index is -0.137. The van der Waals surface area contributed by atoms with Crippen molar-refractivity contribution in [3.05, 3.63) is 78.6 Å². The van der Waals surface area contributed by atoms with Gasteiger partial charge in [-0.05, 0) is 62.2 Å². The van der Waals surface area contributed by atoms with Crippen LogP contribution in [-0.2, 0) is 0 Å². The molecule has 2 saturated heterocycles. The normalized spacial score (nSPS) is 17.1. The molecule has 2 aromatic carbocycles. The molecule has 0 saturated carbocycles. The standard InChI is InChI=1S/C29H35N5O2/c1-2-36-28-11-4-3-10-27(28)34-19-17-33(18-20-34)25-12-15-32(16-13-25)26-9-5-8-24(21-26)31-29(35)23-7-6-14-30-22-23/h3-11,14,21-22,25H,2,12-13,15-20H2,1H3,(H,31,35). The summed E-state index contributed by atoms with van der Waals surface area (Å²) in [6, 6.07) is 20.7. The Bertz CT molecular complexity index is 1140. The fraction of sp³-hybridized carbons (Fsp3) is 0.379. The lowest BCUT2D eigenvalue weighted by Gasteiger charge is -2.44. The molecule has 1 N–H and O–H groups in total. The van der Waals surface area contributed by atoms with E-state index in [1.807, 2.05) is 25.1 Å². The number of rotatable bonds is 7. The number of para-hydroxylation sites is 2. The predicted octanol–water partition coefficient (Wildman–Crippen LogP) is 4.52. The first-order valence-corrected chi connectivity index (χ1v) is 13.0. The molecule has 0 atom stereocenters. The van der Waals surface area contributed by atoms with Gasteiger partial charge in [0.25, 0.3) is 5.91 Å². The van der Waals surface area contributed by atoms with Crippen LogP contribution in [0.15, 0.2) is 73.1 Å². The van der Waals surface area contributed by atoms with E-state index in [0.29, 0.717) is 18.2 Å². The molecule has 5 rings (SSSR count). The number of benzene rings is 2. The summed E-state index contributed by atoms with van der Waals surface area (Å²) in [6.07, 6.45) is 5.56. The number of piperidine rings is 1. The van der Waals surface area contributed by atoms with Crippen LogP contribution in [0.1, 0.15) is 30.1 Å². The molecule has 0 radical (unpaired) electrons. The highest BCUT2D eigenvalue weighted by Crippen LogP contribution is 2.30. The zero-order chi connectivity index (χ0) is 24.7. The molecule has 3 aromatic rings. The third-order valence-corrected chi connectivity index (χ3v) is 7.19. The number of piperazine rings is 1. The molecule has 2 aliphatic rings. The molecule has 3 heterocycles. The van der Waals surface area contributed by atoms with Gasteiger partial charge in [0.05, 0.1) is 17.9 Å². The molecule has 1 aromatic heterocycles. The van der Waals surface area contributed by atoms with Gasteiger partial charge in [0.1, 0.15) is 5.75 Å². The lowest BCUT2D eigenvalue weighted by Crippen LogP contribution is -2.53. The fourth-order valence-electron chi connectivity index (χ4n) is 5.29. The van der Waals surface area contributed by atoms with E-state index >= 15 is 0 Å². The smallest absolute Gasteiger partial charge is 0.257 e. The summed E-state index contributed by atoms with van der Waals surface area (Å²) in [5.41, 5.74) is 3.75. The molecular formula is C29H35N5O2. The zero-order valence-corrected chi connectivity index (χ0v) is 21.0. The van der Waals surface area contributed by atoms with Crippen LogP contribution in [0.2, 0.25) is 0 Å². The summed E-state index contributed by atoms with van der Waals surface area (Å²) in [4.78, 5) is 24.1. The SMILES string of the molecule is CCOc1ccccc1N1CCN(C2CCN(c3cccc(NC(=O)c4cccnc4)c3)CC2)CC1. The van der Waals surface area contributed by atoms with Gasteiger partial charge < -0.3 is 19.9 Å². The maximum absolute atomic E-state index is 12.5. The summed E-state index contributed by atoms with van der Waals surface area (Å²) in [6.45, 7) is 9.01. The van der Waals surface area contributed by atoms with Gasteiger partial charge in [0, 0.05) is 69.1 Å². The molecular weight excluding hydrogens is 450 g/mol. The van der Waals surface area contributed by atoms with E-state index in [0.717, 1.165) is 69.2 Å². The van der Waals surface area contributed by atoms with Gasteiger partial charge in [-0.3, -0.25) is 14.7 Å². The van der Waals surface area contributed by atoms with Crippen LogP contribution in [0.4, 0.5) is 17.1 Å². The molecule has 7 nitrogen and oxygen atoms in total. The van der Waals surface area contributed by atoms with E-state index in [1.165, 1.54) is 5.69 Å². The Hall–Kier alpha value is -3.58. The van der Waals surface area contributed by atoms with E-state index in [1.54, 1.807) is 24.5 Å². The van der Waals surface area contributed by atoms with Gasteiger partial charge in [-0.15, -0.1) is 0 Å². The minimum Gasteiger partial charge on any atom is -0.492 e. The molecule has 2 fully saturated rings. The number of pyridine rings is 1. The van der Waals surface area contributed by atoms with Crippen molar-refractivity contribution in [1.29, 1.82) is 0 Å². The van der Waals surface area contributed by atoms with Crippen molar-refractivity contribution in [1.82, 2.24) is 9.88 Å². The number of hydrogen-bond donors (Lipinski definition) is 1. The van der Waals surface area contributed by atoms with E-state index < -0.39 is 0 Å². The summed E-state index contributed by atoms with van der Waals surface area (Å²) in [5.74, 6) is 0.850. The first-order chi connectivity index (χ1) is 17.7. The highest BCUT2D eigenvalue weighted by molar-refractivity contribution is 6.04. The molecule has 7 heteroatoms. The Morgan fingerprint density at radius 2 is 1.75 bits per heavy atom. The molecule has 0 aliphatic carbocycles. The second-order valence-corrected chi connectivity index (χ2v) is 9.39. The number of ether oxygens (including phenoxy) is 1. The highest BCUT2D eigenvalue weighted by atomic mass is 16.5. The van der Waals surface area contributed by atoms with E-state index in [-0.39, 0.29) is 5.91 Å². The summed E-state index contributed by atoms with van der Waals surface area (Å²) in [7, 11) is 0. The van der Waals surface area contributed by atoms with Crippen LogP contribution in [0.25, 0.3) is 0 Å². The number of hydrogen-bond acceptors (Lipinski definition) is 6. The third kappa shape index (κ3) is 5.62. The van der Waals surface area contributed by atoms with Gasteiger partial charge in [-0.25, -0.2) is 0 Å². The van der Waals surface area contributed by atoms with E-state index in [4.69, 9.17) is 4.74 Å². The first-order valence-electron chi connectivity index (χ1n) is 13.0. The van der Waals surface area contributed by atoms with Crippen molar-refractivity contribution < 1.29 is 9.53 Å². The number of carbonyl (C=O) groups excluding carboxylic acids is 1. The molecule has 1 amide bonds. The number of anilines is 3. The number of amides is 1. The van der Waals surface area contributed by atoms with Crippen LogP contribution in [0.3, 0.4) is 0 Å². The fourth-order valence-corrected chi connectivity index (χ4v) is 5.29. The Kier molecular flexibility index (Phi) is 7.67. The Morgan fingerprint density at radius 1 is 0.944 bits per heavy atom. The summed E-state index contributed by atoms with van der Waals surface area (Å²) in [5, 5.41) is 3.00. The van der Waals surface area contributed by atoms with Crippen molar-refractivity contribution in [3.8, 4) is 5.75 Å². The zero-order valence-electron chi connectivity index (χ0n) is 21.0. The average Bonchev–Trinajstić information content (AvgIpc) is 2.94. The van der Waals surface area contributed by atoms with Crippen LogP contribution in [0, 0.1) is 0 Å². The largest absolute Gasteiger partial charge is 0.492 e. The molecule has 188 valence electrons. The van der Waals surface area contributed by atoms with Crippen molar-refractivity contribution in [2.45, 2.75) is 25.8 Å². The van der Waals surface area contributed by atoms with Gasteiger partial charge in [0.15, 0.2) is 0 Å². The second kappa shape index (κ2) is 11.4. The monoisotopic (exact) mass is 485 g/mol. The van der Waals surface area contributed by atoms with Gasteiger partial charge in [0.2, 0.25) is 0 Å². The Balaban J connectivity index is 1.13. The van der Waals surface area contributed by atoms with E-state index in [2.05, 4.69) is 55.3 Å². The topological polar surface area (TPSA) is 60.9 Å². The van der Waals surface area contributed by atoms with Crippen molar-refractivity contribution in [2.24, 2.45) is 0 Å². The van der Waals surface area contributed by atoms with Crippen LogP contribution in [-0.4, -0.2) is 67.7 Å². The van der Waals surface area contributed by atoms with Gasteiger partial charge in [-0.2, -0.15) is 0 Å². The Labute approximate surface area is 213 Å². The average molecular weight is 486 g/mol. The number of carbonyl (C=O) groups is 1. The lowest BCUT2D eigenvalue weighted by molar-refractivity contribution is 0.102. The summed E-state index contributed by atoms with van der Waals surface area (Å²) >= 11 is 0. The van der Waals surface area contributed by atoms with Crippen molar-refractivity contribution in [3.63, 3.8) is 0 Å². The van der Waals surface area contributed by atoms with Gasteiger partial charge >= 0.3 is 0 Å². The molecule has 0 spiro atoms. The van der Waals surface area contributed by atoms with Gasteiger partial charge in [-0.1, -0.05) is 18.2 Å². The minimum absolute atomic E-state index is 0.137. The van der Waals surface area contributed by atoms with Crippen LogP contribution < -0.4 is 19.9 Å². The number of aromatic nitrogens is 1. The third-order valence-electron chi connectivity index (χ3n) is 7.19. The van der Waals surface area contributed by atoms with Crippen LogP contribution >= 0.6 is 0 Å². The quantitative estimate of drug-likeness (QED) is 0.531. The van der Waals surface area contributed by atoms with Crippen molar-refractivity contribution in [2.75, 3.05) is 61.0 Å². The maximum Gasteiger partial charge on any atom is 0.257 e. The summed E-state index contributed by atoms with van der Waals surface area (Å²) < 4.78 is 5.85. The molecule has 36 heavy (non-hydrogen) atoms. The van der Waals surface area contributed by atoms with E-state index in [9.17, 15) is 4.79 Å². The van der Waals surface area contributed by atoms with Crippen LogP contribution in [0.5, 0.6) is 5.75 Å².